The van der Waals surface area contributed by atoms with Crippen molar-refractivity contribution in [3.8, 4) is 11.5 Å². The van der Waals surface area contributed by atoms with E-state index in [0.29, 0.717) is 38.1 Å². The summed E-state index contributed by atoms with van der Waals surface area (Å²) in [6.07, 6.45) is 1.59. The molecule has 1 aromatic heterocycles. The molecule has 33 heavy (non-hydrogen) atoms. The van der Waals surface area contributed by atoms with Gasteiger partial charge in [-0.05, 0) is 66.6 Å². The number of fused-ring (bicyclic) bond motifs is 2. The Labute approximate surface area is 206 Å². The van der Waals surface area contributed by atoms with E-state index in [0.717, 1.165) is 9.86 Å². The van der Waals surface area contributed by atoms with E-state index in [4.69, 9.17) is 37.1 Å². The number of furan rings is 1. The Morgan fingerprint density at radius 1 is 1.03 bits per heavy atom. The molecule has 5 nitrogen and oxygen atoms in total. The Kier molecular flexibility index (Phi) is 5.52. The summed E-state index contributed by atoms with van der Waals surface area (Å²) in [5.41, 5.74) is 2.27. The minimum atomic E-state index is -0.655. The molecule has 3 aromatic carbocycles. The van der Waals surface area contributed by atoms with E-state index in [9.17, 15) is 9.59 Å². The number of hydrogen-bond acceptors (Lipinski definition) is 5. The SMILES string of the molecule is Cc1cc(OC(=O)c2cc3cc(Br)ccc3o2)cc2c1C(=O)/C(=C/c1ccc(Cl)c(Cl)c1)O2. The fourth-order valence-electron chi connectivity index (χ4n) is 3.56. The summed E-state index contributed by atoms with van der Waals surface area (Å²) in [4.78, 5) is 25.5. The molecule has 5 rings (SSSR count). The standard InChI is InChI=1S/C25H13BrCl2O5/c1-12-6-16(31-25(30)22-10-14-9-15(26)3-5-19(14)32-22)11-20-23(12)24(29)21(33-20)8-13-2-4-17(27)18(28)7-13/h2-11H,1H3/b21-8-. The van der Waals surface area contributed by atoms with Crippen LogP contribution in [0.3, 0.4) is 0 Å². The quantitative estimate of drug-likeness (QED) is 0.151. The number of carbonyl (C=O) groups excluding carboxylic acids is 2. The van der Waals surface area contributed by atoms with Crippen molar-refractivity contribution >= 4 is 67.9 Å². The molecule has 1 aliphatic rings. The minimum Gasteiger partial charge on any atom is -0.452 e. The lowest BCUT2D eigenvalue weighted by atomic mass is 10.0. The van der Waals surface area contributed by atoms with E-state index in [2.05, 4.69) is 15.9 Å². The number of ether oxygens (including phenoxy) is 2. The highest BCUT2D eigenvalue weighted by Crippen LogP contribution is 2.38. The van der Waals surface area contributed by atoms with Crippen LogP contribution in [0.15, 0.2) is 69.2 Å². The first-order valence-corrected chi connectivity index (χ1v) is 11.3. The predicted octanol–water partition coefficient (Wildman–Crippen LogP) is 7.65. The van der Waals surface area contributed by atoms with Crippen LogP contribution in [0.2, 0.25) is 10.0 Å². The summed E-state index contributed by atoms with van der Waals surface area (Å²) >= 11 is 15.4. The van der Waals surface area contributed by atoms with Crippen LogP contribution in [-0.4, -0.2) is 11.8 Å². The third-order valence-corrected chi connectivity index (χ3v) is 6.31. The van der Waals surface area contributed by atoms with Gasteiger partial charge in [0.2, 0.25) is 11.5 Å². The Hall–Kier alpha value is -3.06. The molecule has 0 unspecified atom stereocenters. The monoisotopic (exact) mass is 542 g/mol. The van der Waals surface area contributed by atoms with Gasteiger partial charge in [0.1, 0.15) is 17.1 Å². The Morgan fingerprint density at radius 2 is 1.85 bits per heavy atom. The minimum absolute atomic E-state index is 0.0680. The van der Waals surface area contributed by atoms with Gasteiger partial charge in [0.25, 0.3) is 0 Å². The van der Waals surface area contributed by atoms with Crippen molar-refractivity contribution in [1.82, 2.24) is 0 Å². The van der Waals surface area contributed by atoms with Gasteiger partial charge < -0.3 is 13.9 Å². The molecule has 0 amide bonds. The third-order valence-electron chi connectivity index (χ3n) is 5.08. The summed E-state index contributed by atoms with van der Waals surface area (Å²) in [6, 6.07) is 15.2. The van der Waals surface area contributed by atoms with Gasteiger partial charge in [-0.1, -0.05) is 45.2 Å². The lowest BCUT2D eigenvalue weighted by Crippen LogP contribution is -2.07. The fraction of sp³-hybridized carbons (Fsp3) is 0.0400. The van der Waals surface area contributed by atoms with E-state index in [1.165, 1.54) is 6.07 Å². The van der Waals surface area contributed by atoms with E-state index in [1.54, 1.807) is 49.4 Å². The van der Waals surface area contributed by atoms with Crippen LogP contribution in [0.4, 0.5) is 0 Å². The van der Waals surface area contributed by atoms with Crippen molar-refractivity contribution < 1.29 is 23.5 Å². The van der Waals surface area contributed by atoms with Crippen LogP contribution in [-0.2, 0) is 0 Å². The van der Waals surface area contributed by atoms with Gasteiger partial charge in [0.15, 0.2) is 5.76 Å². The molecule has 0 aliphatic carbocycles. The molecule has 0 radical (unpaired) electrons. The maximum absolute atomic E-state index is 12.9. The van der Waals surface area contributed by atoms with Crippen molar-refractivity contribution in [2.24, 2.45) is 0 Å². The average Bonchev–Trinajstić information content (AvgIpc) is 3.31. The largest absolute Gasteiger partial charge is 0.452 e. The number of benzene rings is 3. The highest BCUT2D eigenvalue weighted by atomic mass is 79.9. The van der Waals surface area contributed by atoms with Crippen molar-refractivity contribution in [2.45, 2.75) is 6.92 Å². The van der Waals surface area contributed by atoms with Crippen LogP contribution in [0, 0.1) is 6.92 Å². The van der Waals surface area contributed by atoms with Crippen molar-refractivity contribution in [3.63, 3.8) is 0 Å². The molecule has 0 atom stereocenters. The number of aryl methyl sites for hydroxylation is 1. The second-order valence-corrected chi connectivity index (χ2v) is 9.14. The van der Waals surface area contributed by atoms with Gasteiger partial charge >= 0.3 is 5.97 Å². The second kappa shape index (κ2) is 8.37. The third kappa shape index (κ3) is 4.17. The number of allylic oxidation sites excluding steroid dienone is 1. The molecule has 0 N–H and O–H groups in total. The van der Waals surface area contributed by atoms with Gasteiger partial charge in [-0.2, -0.15) is 0 Å². The summed E-state index contributed by atoms with van der Waals surface area (Å²) in [7, 11) is 0. The maximum Gasteiger partial charge on any atom is 0.379 e. The smallest absolute Gasteiger partial charge is 0.379 e. The summed E-state index contributed by atoms with van der Waals surface area (Å²) in [6.45, 7) is 1.75. The van der Waals surface area contributed by atoms with Crippen molar-refractivity contribution in [2.75, 3.05) is 0 Å². The first kappa shape index (κ1) is 21.8. The zero-order valence-corrected chi connectivity index (χ0v) is 20.0. The van der Waals surface area contributed by atoms with Crippen LogP contribution >= 0.6 is 39.1 Å². The lowest BCUT2D eigenvalue weighted by molar-refractivity contribution is 0.0703. The van der Waals surface area contributed by atoms with Gasteiger partial charge in [-0.15, -0.1) is 0 Å². The van der Waals surface area contributed by atoms with E-state index in [1.807, 2.05) is 12.1 Å². The Morgan fingerprint density at radius 3 is 2.64 bits per heavy atom. The molecule has 8 heteroatoms. The summed E-state index contributed by atoms with van der Waals surface area (Å²) in [5, 5.41) is 1.56. The molecule has 0 bridgehead atoms. The molecular weight excluding hydrogens is 531 g/mol. The van der Waals surface area contributed by atoms with Crippen molar-refractivity contribution in [1.29, 1.82) is 0 Å². The summed E-state index contributed by atoms with van der Waals surface area (Å²) in [5.74, 6) is -0.174. The zero-order chi connectivity index (χ0) is 23.3. The zero-order valence-electron chi connectivity index (χ0n) is 16.9. The Balaban J connectivity index is 1.41. The van der Waals surface area contributed by atoms with Crippen LogP contribution in [0.1, 0.15) is 32.0 Å². The van der Waals surface area contributed by atoms with Gasteiger partial charge in [0.05, 0.1) is 15.6 Å². The van der Waals surface area contributed by atoms with E-state index >= 15 is 0 Å². The number of carbonyl (C=O) groups is 2. The number of Topliss-reactive ketones (excluding diaryl/α,β-unsaturated/α-hetero) is 1. The van der Waals surface area contributed by atoms with Crippen LogP contribution < -0.4 is 9.47 Å². The molecular formula is C25H13BrCl2O5. The van der Waals surface area contributed by atoms with Gasteiger partial charge in [-0.3, -0.25) is 4.79 Å². The molecule has 4 aromatic rings. The highest BCUT2D eigenvalue weighted by molar-refractivity contribution is 9.10. The second-order valence-electron chi connectivity index (χ2n) is 7.41. The van der Waals surface area contributed by atoms with E-state index in [-0.39, 0.29) is 23.1 Å². The molecule has 164 valence electrons. The molecule has 0 saturated heterocycles. The van der Waals surface area contributed by atoms with Crippen LogP contribution in [0.25, 0.3) is 17.0 Å². The number of ketones is 1. The van der Waals surface area contributed by atoms with E-state index < -0.39 is 5.97 Å². The first-order chi connectivity index (χ1) is 15.8. The number of esters is 1. The maximum atomic E-state index is 12.9. The first-order valence-electron chi connectivity index (χ1n) is 9.74. The summed E-state index contributed by atoms with van der Waals surface area (Å²) < 4.78 is 17.7. The van der Waals surface area contributed by atoms with Gasteiger partial charge in [-0.25, -0.2) is 4.79 Å². The lowest BCUT2D eigenvalue weighted by Gasteiger charge is -2.06. The average molecular weight is 544 g/mol. The normalized spacial score (nSPS) is 13.9. The Bertz CT molecular complexity index is 1500. The van der Waals surface area contributed by atoms with Crippen molar-refractivity contribution in [3.05, 3.63) is 97.3 Å². The molecule has 0 spiro atoms. The number of rotatable bonds is 3. The molecule has 1 aliphatic heterocycles. The molecule has 2 heterocycles. The topological polar surface area (TPSA) is 65.7 Å². The number of hydrogen-bond donors (Lipinski definition) is 0. The fourth-order valence-corrected chi connectivity index (χ4v) is 4.25. The molecule has 0 saturated carbocycles. The molecule has 0 fully saturated rings. The number of halogens is 3. The van der Waals surface area contributed by atoms with Gasteiger partial charge in [0, 0.05) is 15.9 Å². The van der Waals surface area contributed by atoms with Crippen LogP contribution in [0.5, 0.6) is 11.5 Å². The predicted molar refractivity (Wildman–Crippen MR) is 129 cm³/mol. The highest BCUT2D eigenvalue weighted by Gasteiger charge is 2.30.